The molecular weight excluding hydrogens is 234 g/mol. The maximum absolute atomic E-state index is 11.0. The molecule has 0 saturated carbocycles. The van der Waals surface area contributed by atoms with Gasteiger partial charge < -0.3 is 5.73 Å². The van der Waals surface area contributed by atoms with Crippen molar-refractivity contribution < 1.29 is 0 Å². The number of aromatic nitrogens is 2. The van der Waals surface area contributed by atoms with Gasteiger partial charge in [0.2, 0.25) is 0 Å². The van der Waals surface area contributed by atoms with Crippen molar-refractivity contribution in [1.29, 1.82) is 0 Å². The maximum Gasteiger partial charge on any atom is 0.282 e. The van der Waals surface area contributed by atoms with Gasteiger partial charge >= 0.3 is 0 Å². The molecule has 0 fully saturated rings. The highest BCUT2D eigenvalue weighted by Gasteiger charge is 2.01. The lowest BCUT2D eigenvalue weighted by atomic mass is 10.5. The maximum atomic E-state index is 11.0. The summed E-state index contributed by atoms with van der Waals surface area (Å²) >= 11 is 3.03. The molecule has 74 valence electrons. The first-order valence-corrected chi connectivity index (χ1v) is 4.81. The van der Waals surface area contributed by atoms with E-state index in [9.17, 15) is 4.79 Å². The highest BCUT2D eigenvalue weighted by molar-refractivity contribution is 9.10. The highest BCUT2D eigenvalue weighted by atomic mass is 79.9. The number of hydrogen-bond donors (Lipinski definition) is 1. The van der Waals surface area contributed by atoms with Gasteiger partial charge in [-0.3, -0.25) is 4.79 Å². The van der Waals surface area contributed by atoms with Crippen molar-refractivity contribution in [1.82, 2.24) is 9.78 Å². The second-order valence-corrected chi connectivity index (χ2v) is 3.34. The smallest absolute Gasteiger partial charge is 0.282 e. The summed E-state index contributed by atoms with van der Waals surface area (Å²) in [6, 6.07) is 0. The topological polar surface area (TPSA) is 60.9 Å². The van der Waals surface area contributed by atoms with Crippen LogP contribution in [-0.2, 0) is 7.05 Å². The van der Waals surface area contributed by atoms with Gasteiger partial charge in [-0.15, -0.1) is 0 Å². The zero-order valence-electron chi connectivity index (χ0n) is 8.04. The molecule has 1 aromatic heterocycles. The Morgan fingerprint density at radius 2 is 2.08 bits per heavy atom. The Bertz CT molecular complexity index is 322. The molecule has 13 heavy (non-hydrogen) atoms. The third kappa shape index (κ3) is 3.59. The zero-order chi connectivity index (χ0) is 10.4. The number of rotatable bonds is 0. The van der Waals surface area contributed by atoms with E-state index in [2.05, 4.69) is 34.9 Å². The van der Waals surface area contributed by atoms with Gasteiger partial charge in [-0.25, -0.2) is 4.68 Å². The van der Waals surface area contributed by atoms with E-state index in [0.29, 0.717) is 10.2 Å². The third-order valence-electron chi connectivity index (χ3n) is 1.11. The molecule has 0 aliphatic rings. The van der Waals surface area contributed by atoms with Crippen LogP contribution in [-0.4, -0.2) is 9.78 Å². The van der Waals surface area contributed by atoms with E-state index < -0.39 is 0 Å². The van der Waals surface area contributed by atoms with Crippen LogP contribution in [0.1, 0.15) is 20.3 Å². The average Bonchev–Trinajstić information content (AvgIpc) is 2.10. The van der Waals surface area contributed by atoms with Crippen molar-refractivity contribution in [2.75, 3.05) is 5.73 Å². The summed E-state index contributed by atoms with van der Waals surface area (Å²) in [6.07, 6.45) is 2.67. The lowest BCUT2D eigenvalue weighted by molar-refractivity contribution is 0.704. The first-order chi connectivity index (χ1) is 6.04. The van der Waals surface area contributed by atoms with Gasteiger partial charge in [0.15, 0.2) is 0 Å². The molecule has 0 spiro atoms. The van der Waals surface area contributed by atoms with Crippen LogP contribution in [0.15, 0.2) is 15.5 Å². The summed E-state index contributed by atoms with van der Waals surface area (Å²) in [7, 11) is 1.56. The molecule has 0 radical (unpaired) electrons. The molecule has 0 amide bonds. The summed E-state index contributed by atoms with van der Waals surface area (Å²) in [4.78, 5) is 11.0. The van der Waals surface area contributed by atoms with Gasteiger partial charge in [0.25, 0.3) is 5.56 Å². The molecular formula is C8H14BrN3O. The Hall–Kier alpha value is -0.840. The summed E-state index contributed by atoms with van der Waals surface area (Å²) in [5.74, 6) is 0. The minimum atomic E-state index is -0.222. The lowest BCUT2D eigenvalue weighted by Crippen LogP contribution is -2.20. The van der Waals surface area contributed by atoms with Crippen molar-refractivity contribution in [3.8, 4) is 0 Å². The number of nitrogens with two attached hydrogens (primary N) is 1. The van der Waals surface area contributed by atoms with Crippen LogP contribution >= 0.6 is 15.9 Å². The largest absolute Gasteiger partial charge is 0.396 e. The summed E-state index contributed by atoms with van der Waals surface area (Å²) in [6.45, 7) is 4.25. The van der Waals surface area contributed by atoms with E-state index in [1.54, 1.807) is 7.05 Å². The number of aryl methyl sites for hydroxylation is 1. The number of nitrogens with zero attached hydrogens (tertiary/aromatic N) is 2. The fourth-order valence-electron chi connectivity index (χ4n) is 0.523. The van der Waals surface area contributed by atoms with E-state index in [4.69, 9.17) is 5.73 Å². The van der Waals surface area contributed by atoms with Crippen LogP contribution in [0.25, 0.3) is 0 Å². The first kappa shape index (κ1) is 12.2. The van der Waals surface area contributed by atoms with Gasteiger partial charge in [-0.1, -0.05) is 20.3 Å². The van der Waals surface area contributed by atoms with Crippen LogP contribution in [0.2, 0.25) is 0 Å². The van der Waals surface area contributed by atoms with Crippen molar-refractivity contribution >= 4 is 21.6 Å². The Balaban J connectivity index is 0.000000424. The fourth-order valence-corrected chi connectivity index (χ4v) is 0.882. The number of hydrogen-bond acceptors (Lipinski definition) is 3. The third-order valence-corrected chi connectivity index (χ3v) is 1.90. The summed E-state index contributed by atoms with van der Waals surface area (Å²) in [5.41, 5.74) is 5.51. The number of halogens is 1. The van der Waals surface area contributed by atoms with Crippen LogP contribution in [0.4, 0.5) is 5.69 Å². The molecule has 5 heteroatoms. The molecule has 0 saturated heterocycles. The van der Waals surface area contributed by atoms with Crippen molar-refractivity contribution in [3.05, 3.63) is 21.0 Å². The molecule has 0 aromatic carbocycles. The molecule has 4 nitrogen and oxygen atoms in total. The second kappa shape index (κ2) is 5.75. The Morgan fingerprint density at radius 1 is 1.62 bits per heavy atom. The zero-order valence-corrected chi connectivity index (χ0v) is 9.63. The molecule has 0 aliphatic carbocycles. The predicted molar refractivity (Wildman–Crippen MR) is 57.6 cm³/mol. The van der Waals surface area contributed by atoms with Crippen molar-refractivity contribution in [2.24, 2.45) is 7.05 Å². The molecule has 0 atom stereocenters. The lowest BCUT2D eigenvalue weighted by Gasteiger charge is -1.97. The van der Waals surface area contributed by atoms with E-state index in [-0.39, 0.29) is 5.56 Å². The molecule has 0 aliphatic heterocycles. The molecule has 1 aromatic rings. The van der Waals surface area contributed by atoms with Gasteiger partial charge in [-0.2, -0.15) is 5.10 Å². The van der Waals surface area contributed by atoms with Crippen molar-refractivity contribution in [3.63, 3.8) is 0 Å². The highest BCUT2D eigenvalue weighted by Crippen LogP contribution is 2.09. The molecule has 0 bridgehead atoms. The van der Waals surface area contributed by atoms with Crippen LogP contribution < -0.4 is 11.3 Å². The Labute approximate surface area is 85.9 Å². The monoisotopic (exact) mass is 247 g/mol. The van der Waals surface area contributed by atoms with E-state index in [1.807, 2.05) is 0 Å². The second-order valence-electron chi connectivity index (χ2n) is 2.55. The predicted octanol–water partition coefficient (Wildman–Crippen LogP) is 1.54. The average molecular weight is 248 g/mol. The summed E-state index contributed by atoms with van der Waals surface area (Å²) in [5, 5.41) is 3.69. The minimum absolute atomic E-state index is 0.222. The molecule has 0 unspecified atom stereocenters. The van der Waals surface area contributed by atoms with E-state index in [0.717, 1.165) is 0 Å². The first-order valence-electron chi connectivity index (χ1n) is 4.01. The molecule has 1 rings (SSSR count). The van der Waals surface area contributed by atoms with E-state index >= 15 is 0 Å². The molecule has 1 heterocycles. The Kier molecular flexibility index (Phi) is 5.37. The van der Waals surface area contributed by atoms with E-state index in [1.165, 1.54) is 17.3 Å². The van der Waals surface area contributed by atoms with Gasteiger partial charge in [0.05, 0.1) is 11.9 Å². The number of nitrogen functional groups attached to an aromatic ring is 1. The quantitative estimate of drug-likeness (QED) is 0.757. The minimum Gasteiger partial charge on any atom is -0.396 e. The van der Waals surface area contributed by atoms with Crippen LogP contribution in [0.5, 0.6) is 0 Å². The molecule has 2 N–H and O–H groups in total. The van der Waals surface area contributed by atoms with Gasteiger partial charge in [0, 0.05) is 7.05 Å². The normalized spacial score (nSPS) is 8.92. The van der Waals surface area contributed by atoms with Gasteiger partial charge in [-0.05, 0) is 15.9 Å². The number of anilines is 1. The van der Waals surface area contributed by atoms with Crippen LogP contribution in [0.3, 0.4) is 0 Å². The van der Waals surface area contributed by atoms with Crippen LogP contribution in [0, 0.1) is 0 Å². The fraction of sp³-hybridized carbons (Fsp3) is 0.500. The van der Waals surface area contributed by atoms with Crippen molar-refractivity contribution in [2.45, 2.75) is 20.3 Å². The standard InChI is InChI=1S/C5H6BrN3O.C3H8/c1-9-5(10)4(6)3(7)2-8-9;1-3-2/h2H,7H2,1H3;3H2,1-2H3. The van der Waals surface area contributed by atoms with Gasteiger partial charge in [0.1, 0.15) is 4.47 Å². The Morgan fingerprint density at radius 3 is 2.46 bits per heavy atom. The summed E-state index contributed by atoms with van der Waals surface area (Å²) < 4.78 is 1.57. The SMILES string of the molecule is CCC.Cn1ncc(N)c(Br)c1=O.